The first-order valence-corrected chi connectivity index (χ1v) is 7.08. The van der Waals surface area contributed by atoms with Gasteiger partial charge < -0.3 is 4.74 Å². The molecule has 0 saturated carbocycles. The van der Waals surface area contributed by atoms with E-state index in [4.69, 9.17) is 10.00 Å². The molecule has 1 fully saturated rings. The minimum absolute atomic E-state index is 0.0173. The molecule has 22 heavy (non-hydrogen) atoms. The molecule has 0 amide bonds. The number of hydrazine groups is 1. The lowest BCUT2D eigenvalue weighted by Crippen LogP contribution is -2.25. The van der Waals surface area contributed by atoms with Crippen LogP contribution in [0.2, 0.25) is 0 Å². The second-order valence-electron chi connectivity index (χ2n) is 5.36. The van der Waals surface area contributed by atoms with Gasteiger partial charge in [-0.15, -0.1) is 0 Å². The molecule has 0 spiro atoms. The van der Waals surface area contributed by atoms with Crippen LogP contribution in [0.25, 0.3) is 0 Å². The van der Waals surface area contributed by atoms with Gasteiger partial charge in [0.25, 0.3) is 0 Å². The van der Waals surface area contributed by atoms with Crippen LogP contribution in [-0.2, 0) is 9.53 Å². The number of benzene rings is 1. The summed E-state index contributed by atoms with van der Waals surface area (Å²) in [6.07, 6.45) is 1.32. The Kier molecular flexibility index (Phi) is 5.26. The number of hydrogen-bond donors (Lipinski definition) is 2. The van der Waals surface area contributed by atoms with Gasteiger partial charge in [0.1, 0.15) is 17.5 Å². The smallest absolute Gasteiger partial charge is 0.348 e. The van der Waals surface area contributed by atoms with E-state index in [2.05, 4.69) is 10.9 Å². The Labute approximate surface area is 128 Å². The van der Waals surface area contributed by atoms with E-state index < -0.39 is 5.97 Å². The van der Waals surface area contributed by atoms with Gasteiger partial charge in [0, 0.05) is 12.5 Å². The van der Waals surface area contributed by atoms with Gasteiger partial charge in [0.2, 0.25) is 0 Å². The van der Waals surface area contributed by atoms with Crippen LogP contribution in [0.5, 0.6) is 0 Å². The molecule has 6 heteroatoms. The molecular formula is C16H18FN3O2. The van der Waals surface area contributed by atoms with Crippen molar-refractivity contribution in [1.82, 2.24) is 10.9 Å². The van der Waals surface area contributed by atoms with Crippen LogP contribution < -0.4 is 10.9 Å². The van der Waals surface area contributed by atoms with Crippen molar-refractivity contribution in [2.75, 3.05) is 6.54 Å². The number of rotatable bonds is 4. The van der Waals surface area contributed by atoms with E-state index in [1.807, 2.05) is 6.07 Å². The Bertz CT molecular complexity index is 605. The first kappa shape index (κ1) is 16.1. The molecule has 0 aliphatic carbocycles. The molecule has 1 saturated heterocycles. The zero-order chi connectivity index (χ0) is 16.1. The summed E-state index contributed by atoms with van der Waals surface area (Å²) in [6.45, 7) is 4.02. The molecular weight excluding hydrogens is 285 g/mol. The lowest BCUT2D eigenvalue weighted by atomic mass is 9.93. The van der Waals surface area contributed by atoms with E-state index in [1.54, 1.807) is 32.1 Å². The Morgan fingerprint density at radius 3 is 2.73 bits per heavy atom. The summed E-state index contributed by atoms with van der Waals surface area (Å²) in [7, 11) is 0. The number of hydrogen-bond acceptors (Lipinski definition) is 5. The minimum Gasteiger partial charge on any atom is -0.459 e. The van der Waals surface area contributed by atoms with Crippen LogP contribution in [0.15, 0.2) is 35.9 Å². The Morgan fingerprint density at radius 1 is 1.45 bits per heavy atom. The van der Waals surface area contributed by atoms with Crippen molar-refractivity contribution in [3.05, 3.63) is 47.3 Å². The molecule has 5 nitrogen and oxygen atoms in total. The largest absolute Gasteiger partial charge is 0.459 e. The van der Waals surface area contributed by atoms with Crippen molar-refractivity contribution in [3.63, 3.8) is 0 Å². The van der Waals surface area contributed by atoms with Gasteiger partial charge in [0.15, 0.2) is 0 Å². The highest BCUT2D eigenvalue weighted by molar-refractivity contribution is 5.92. The van der Waals surface area contributed by atoms with E-state index in [9.17, 15) is 9.18 Å². The Morgan fingerprint density at radius 2 is 2.14 bits per heavy atom. The van der Waals surface area contributed by atoms with Crippen LogP contribution in [0.3, 0.4) is 0 Å². The van der Waals surface area contributed by atoms with Crippen LogP contribution in [0.4, 0.5) is 4.39 Å². The molecule has 0 radical (unpaired) electrons. The number of carbonyl (C=O) groups excluding carboxylic acids is 1. The number of halogens is 1. The molecule has 2 N–H and O–H groups in total. The molecule has 1 aromatic rings. The lowest BCUT2D eigenvalue weighted by Gasteiger charge is -2.16. The van der Waals surface area contributed by atoms with Crippen LogP contribution in [0, 0.1) is 23.1 Å². The number of nitrogens with zero attached hydrogens (tertiary/aromatic N) is 1. The van der Waals surface area contributed by atoms with E-state index in [1.165, 1.54) is 12.1 Å². The van der Waals surface area contributed by atoms with Crippen molar-refractivity contribution in [2.24, 2.45) is 5.92 Å². The Balaban J connectivity index is 2.19. The zero-order valence-electron chi connectivity index (χ0n) is 12.5. The first-order chi connectivity index (χ1) is 10.5. The third-order valence-corrected chi connectivity index (χ3v) is 3.32. The molecule has 116 valence electrons. The van der Waals surface area contributed by atoms with Gasteiger partial charge in [-0.3, -0.25) is 5.43 Å². The molecule has 0 bridgehead atoms. The lowest BCUT2D eigenvalue weighted by molar-refractivity contribution is -0.142. The van der Waals surface area contributed by atoms with E-state index in [0.29, 0.717) is 6.54 Å². The number of nitrogens with one attached hydrogen (secondary N) is 2. The normalized spacial score (nSPS) is 21.7. The fourth-order valence-corrected chi connectivity index (χ4v) is 2.31. The minimum atomic E-state index is -0.623. The monoisotopic (exact) mass is 303 g/mol. The molecule has 2 rings (SSSR count). The molecule has 1 aliphatic rings. The average molecular weight is 303 g/mol. The van der Waals surface area contributed by atoms with Crippen molar-refractivity contribution >= 4 is 5.97 Å². The van der Waals surface area contributed by atoms with E-state index >= 15 is 0 Å². The maximum Gasteiger partial charge on any atom is 0.348 e. The van der Waals surface area contributed by atoms with Crippen molar-refractivity contribution in [2.45, 2.75) is 26.0 Å². The van der Waals surface area contributed by atoms with Gasteiger partial charge in [-0.25, -0.2) is 14.6 Å². The summed E-state index contributed by atoms with van der Waals surface area (Å²) in [5.74, 6) is -1.04. The zero-order valence-corrected chi connectivity index (χ0v) is 12.5. The quantitative estimate of drug-likeness (QED) is 0.505. The molecule has 2 atom stereocenters. The maximum atomic E-state index is 13.0. The SMILES string of the molecule is CC(C)OC(=O)/C(C#N)=C\C1CNNC1c1ccc(F)cc1. The highest BCUT2D eigenvalue weighted by atomic mass is 19.1. The number of nitriles is 1. The second kappa shape index (κ2) is 7.16. The first-order valence-electron chi connectivity index (χ1n) is 7.08. The summed E-state index contributed by atoms with van der Waals surface area (Å²) in [5, 5.41) is 9.15. The van der Waals surface area contributed by atoms with Crippen molar-refractivity contribution in [3.8, 4) is 6.07 Å². The van der Waals surface area contributed by atoms with Gasteiger partial charge >= 0.3 is 5.97 Å². The molecule has 1 heterocycles. The summed E-state index contributed by atoms with van der Waals surface area (Å²) in [5.41, 5.74) is 6.93. The van der Waals surface area contributed by atoms with E-state index in [0.717, 1.165) is 5.56 Å². The third-order valence-electron chi connectivity index (χ3n) is 3.32. The van der Waals surface area contributed by atoms with Gasteiger partial charge in [-0.1, -0.05) is 18.2 Å². The van der Waals surface area contributed by atoms with Gasteiger partial charge in [0.05, 0.1) is 12.1 Å². The molecule has 0 aromatic heterocycles. The van der Waals surface area contributed by atoms with Crippen molar-refractivity contribution in [1.29, 1.82) is 5.26 Å². The summed E-state index contributed by atoms with van der Waals surface area (Å²) in [4.78, 5) is 11.9. The third kappa shape index (κ3) is 3.91. The standard InChI is InChI=1S/C16H18FN3O2/c1-10(2)22-16(21)12(8-18)7-13-9-19-20-15(13)11-3-5-14(17)6-4-11/h3-7,10,13,15,19-20H,9H2,1-2H3/b12-7-. The van der Waals surface area contributed by atoms with E-state index in [-0.39, 0.29) is 29.5 Å². The predicted molar refractivity (Wildman–Crippen MR) is 78.7 cm³/mol. The number of esters is 1. The van der Waals surface area contributed by atoms with Crippen LogP contribution in [0.1, 0.15) is 25.5 Å². The fourth-order valence-electron chi connectivity index (χ4n) is 2.31. The van der Waals surface area contributed by atoms with Crippen LogP contribution >= 0.6 is 0 Å². The second-order valence-corrected chi connectivity index (χ2v) is 5.36. The van der Waals surface area contributed by atoms with Gasteiger partial charge in [-0.05, 0) is 31.5 Å². The summed E-state index contributed by atoms with van der Waals surface area (Å²) < 4.78 is 18.1. The maximum absolute atomic E-state index is 13.0. The topological polar surface area (TPSA) is 74.2 Å². The highest BCUT2D eigenvalue weighted by Crippen LogP contribution is 2.27. The number of carbonyl (C=O) groups is 1. The molecule has 1 aromatic carbocycles. The number of ether oxygens (including phenoxy) is 1. The molecule has 1 aliphatic heterocycles. The van der Waals surface area contributed by atoms with Crippen LogP contribution in [-0.4, -0.2) is 18.6 Å². The predicted octanol–water partition coefficient (Wildman–Crippen LogP) is 1.99. The summed E-state index contributed by atoms with van der Waals surface area (Å²) >= 11 is 0. The highest BCUT2D eigenvalue weighted by Gasteiger charge is 2.28. The Hall–Kier alpha value is -2.23. The molecule has 2 unspecified atom stereocenters. The fraction of sp³-hybridized carbons (Fsp3) is 0.375. The summed E-state index contributed by atoms with van der Waals surface area (Å²) in [6, 6.07) is 7.87. The van der Waals surface area contributed by atoms with Gasteiger partial charge in [-0.2, -0.15) is 5.26 Å². The van der Waals surface area contributed by atoms with Crippen molar-refractivity contribution < 1.29 is 13.9 Å². The average Bonchev–Trinajstić information content (AvgIpc) is 2.92.